The number of carbonyl (C=O) groups is 1. The van der Waals surface area contributed by atoms with Crippen LogP contribution >= 0.6 is 0 Å². The van der Waals surface area contributed by atoms with Gasteiger partial charge in [-0.25, -0.2) is 0 Å². The molecule has 0 rings (SSSR count). The molecule has 0 spiro atoms. The Kier molecular flexibility index (Phi) is 7.55. The molecule has 0 aliphatic heterocycles. The fraction of sp³-hybridized carbons (Fsp3) is 0.929. The number of esters is 1. The summed E-state index contributed by atoms with van der Waals surface area (Å²) in [5.41, 5.74) is 0.169. The summed E-state index contributed by atoms with van der Waals surface area (Å²) in [6.07, 6.45) is 2.28. The molecule has 0 aromatic heterocycles. The molecule has 0 bridgehead atoms. The summed E-state index contributed by atoms with van der Waals surface area (Å²) in [4.78, 5) is 11.5. The van der Waals surface area contributed by atoms with Gasteiger partial charge in [-0.15, -0.1) is 0 Å². The summed E-state index contributed by atoms with van der Waals surface area (Å²) in [6, 6.07) is 0. The van der Waals surface area contributed by atoms with E-state index in [2.05, 4.69) is 20.8 Å². The van der Waals surface area contributed by atoms with Gasteiger partial charge < -0.3 is 0 Å². The van der Waals surface area contributed by atoms with Gasteiger partial charge in [-0.3, -0.25) is 0 Å². The number of hydrogen-bond acceptors (Lipinski definition) is 2. The van der Waals surface area contributed by atoms with E-state index < -0.39 is 0 Å². The van der Waals surface area contributed by atoms with Gasteiger partial charge in [0.15, 0.2) is 0 Å². The molecule has 0 N–H and O–H groups in total. The summed E-state index contributed by atoms with van der Waals surface area (Å²) in [7, 11) is 0. The Labute approximate surface area is 114 Å². The minimum atomic E-state index is -0.357. The maximum atomic E-state index is 11.5. The Bertz CT molecular complexity index is 223. The van der Waals surface area contributed by atoms with E-state index in [4.69, 9.17) is 4.74 Å². The summed E-state index contributed by atoms with van der Waals surface area (Å²) in [6.45, 7) is 13.3. The van der Waals surface area contributed by atoms with Crippen LogP contribution in [0, 0.1) is 10.8 Å². The van der Waals surface area contributed by atoms with Crippen molar-refractivity contribution in [2.75, 3.05) is 6.61 Å². The SMILES string of the molecule is CC(C)(C)[CH2][Zn][CH2]CCCOC(=O)C(C)(C)C. The fourth-order valence-corrected chi connectivity index (χ4v) is 5.73. The van der Waals surface area contributed by atoms with Crippen molar-refractivity contribution in [1.29, 1.82) is 0 Å². The third-order valence-corrected chi connectivity index (χ3v) is 8.65. The molecule has 3 heteroatoms. The van der Waals surface area contributed by atoms with Gasteiger partial charge in [0.1, 0.15) is 0 Å². The van der Waals surface area contributed by atoms with Gasteiger partial charge in [-0.05, 0) is 0 Å². The monoisotopic (exact) mass is 292 g/mol. The molecule has 0 aromatic carbocycles. The van der Waals surface area contributed by atoms with Crippen LogP contribution in [0.15, 0.2) is 0 Å². The van der Waals surface area contributed by atoms with Gasteiger partial charge in [0.2, 0.25) is 0 Å². The zero-order valence-corrected chi connectivity index (χ0v) is 15.5. The van der Waals surface area contributed by atoms with Gasteiger partial charge in [0.05, 0.1) is 0 Å². The van der Waals surface area contributed by atoms with Gasteiger partial charge in [-0.2, -0.15) is 0 Å². The number of hydrogen-bond donors (Lipinski definition) is 0. The second kappa shape index (κ2) is 7.51. The molecule has 0 saturated heterocycles. The molecular weight excluding hydrogens is 266 g/mol. The summed E-state index contributed by atoms with van der Waals surface area (Å²) in [5.74, 6) is -0.0753. The van der Waals surface area contributed by atoms with Crippen LogP contribution in [-0.4, -0.2) is 12.6 Å². The molecule has 0 unspecified atom stereocenters. The minimum absolute atomic E-state index is 0.0753. The van der Waals surface area contributed by atoms with E-state index in [0.717, 1.165) is 6.42 Å². The molecule has 0 saturated carbocycles. The van der Waals surface area contributed by atoms with Crippen molar-refractivity contribution >= 4 is 5.97 Å². The molecule has 0 atom stereocenters. The van der Waals surface area contributed by atoms with Crippen LogP contribution in [0.4, 0.5) is 0 Å². The van der Waals surface area contributed by atoms with Crippen molar-refractivity contribution in [3.63, 3.8) is 0 Å². The zero-order chi connectivity index (χ0) is 13.5. The normalized spacial score (nSPS) is 12.1. The predicted molar refractivity (Wildman–Crippen MR) is 68.7 cm³/mol. The summed E-state index contributed by atoms with van der Waals surface area (Å²) >= 11 is -0.322. The van der Waals surface area contributed by atoms with Gasteiger partial charge in [0, 0.05) is 0 Å². The zero-order valence-electron chi connectivity index (χ0n) is 12.6. The Balaban J connectivity index is 3.39. The first kappa shape index (κ1) is 17.1. The summed E-state index contributed by atoms with van der Waals surface area (Å²) < 4.78 is 5.24. The van der Waals surface area contributed by atoms with Crippen molar-refractivity contribution in [3.05, 3.63) is 0 Å². The first-order chi connectivity index (χ1) is 7.63. The van der Waals surface area contributed by atoms with Crippen LogP contribution in [-0.2, 0) is 26.7 Å². The van der Waals surface area contributed by atoms with Crippen LogP contribution in [0.5, 0.6) is 0 Å². The van der Waals surface area contributed by atoms with Gasteiger partial charge >= 0.3 is 114 Å². The van der Waals surface area contributed by atoms with Crippen molar-refractivity contribution in [1.82, 2.24) is 0 Å². The molecule has 0 radical (unpaired) electrons. The van der Waals surface area contributed by atoms with Crippen LogP contribution in [0.1, 0.15) is 54.4 Å². The average molecular weight is 294 g/mol. The maximum absolute atomic E-state index is 11.5. The predicted octanol–water partition coefficient (Wildman–Crippen LogP) is 4.32. The van der Waals surface area contributed by atoms with Crippen LogP contribution in [0.2, 0.25) is 10.0 Å². The van der Waals surface area contributed by atoms with E-state index >= 15 is 0 Å². The second-order valence-corrected chi connectivity index (χ2v) is 11.1. The third-order valence-electron chi connectivity index (χ3n) is 2.67. The number of unbranched alkanes of at least 4 members (excludes halogenated alkanes) is 1. The van der Waals surface area contributed by atoms with E-state index in [1.807, 2.05) is 20.8 Å². The first-order valence-electron chi connectivity index (χ1n) is 6.80. The molecule has 0 fully saturated rings. The quantitative estimate of drug-likeness (QED) is 0.414. The van der Waals surface area contributed by atoms with E-state index in [1.54, 1.807) is 0 Å². The Morgan fingerprint density at radius 1 is 1.06 bits per heavy atom. The van der Waals surface area contributed by atoms with Crippen molar-refractivity contribution in [2.24, 2.45) is 10.8 Å². The van der Waals surface area contributed by atoms with E-state index in [-0.39, 0.29) is 28.5 Å². The fourth-order valence-electron chi connectivity index (χ4n) is 1.49. The molecule has 0 aromatic rings. The third kappa shape index (κ3) is 10.9. The van der Waals surface area contributed by atoms with Gasteiger partial charge in [0.25, 0.3) is 0 Å². The second-order valence-electron chi connectivity index (χ2n) is 7.11. The van der Waals surface area contributed by atoms with Crippen LogP contribution in [0.3, 0.4) is 0 Å². The number of carbonyl (C=O) groups excluding carboxylic acids is 1. The van der Waals surface area contributed by atoms with Crippen LogP contribution in [0.25, 0.3) is 0 Å². The summed E-state index contributed by atoms with van der Waals surface area (Å²) in [5, 5.41) is 2.89. The Morgan fingerprint density at radius 2 is 1.65 bits per heavy atom. The Morgan fingerprint density at radius 3 is 2.12 bits per heavy atom. The van der Waals surface area contributed by atoms with E-state index in [1.165, 1.54) is 16.5 Å². The first-order valence-corrected chi connectivity index (χ1v) is 11.0. The standard InChI is InChI=1S/C9H17O2.C5H11.Zn/c1-5-6-7-11-8(10)9(2,3)4;1-5(2,3)4;/h1,5-7H2,2-4H3;1H2,2-4H3;. The molecule has 0 aliphatic carbocycles. The molecule has 98 valence electrons. The Hall–Kier alpha value is 0.0934. The number of rotatable bonds is 6. The molecule has 0 heterocycles. The van der Waals surface area contributed by atoms with Gasteiger partial charge in [-0.1, -0.05) is 0 Å². The molecule has 17 heavy (non-hydrogen) atoms. The topological polar surface area (TPSA) is 26.3 Å². The van der Waals surface area contributed by atoms with E-state index in [0.29, 0.717) is 12.0 Å². The molecule has 0 amide bonds. The molecule has 2 nitrogen and oxygen atoms in total. The number of ether oxygens (including phenoxy) is 1. The molecular formula is C14H28O2Zn. The average Bonchev–Trinajstić information content (AvgIpc) is 2.12. The van der Waals surface area contributed by atoms with Crippen molar-refractivity contribution in [3.8, 4) is 0 Å². The molecule has 0 aliphatic rings. The van der Waals surface area contributed by atoms with Crippen molar-refractivity contribution < 1.29 is 26.7 Å². The van der Waals surface area contributed by atoms with Crippen LogP contribution < -0.4 is 0 Å². The van der Waals surface area contributed by atoms with E-state index in [9.17, 15) is 4.79 Å². The van der Waals surface area contributed by atoms with Crippen molar-refractivity contribution in [2.45, 2.75) is 64.4 Å².